The van der Waals surface area contributed by atoms with Crippen molar-refractivity contribution in [1.29, 1.82) is 0 Å². The van der Waals surface area contributed by atoms with Crippen LogP contribution in [0.4, 0.5) is 0 Å². The Kier molecular flexibility index (Phi) is 5.07. The highest BCUT2D eigenvalue weighted by Gasteiger charge is 2.15. The minimum absolute atomic E-state index is 0.325. The topological polar surface area (TPSA) is 95.7 Å². The number of esters is 1. The Morgan fingerprint density at radius 2 is 1.92 bits per heavy atom. The van der Waals surface area contributed by atoms with Gasteiger partial charge in [-0.25, -0.2) is 9.59 Å². The van der Waals surface area contributed by atoms with Crippen LogP contribution in [-0.4, -0.2) is 23.4 Å². The molecule has 7 nitrogen and oxygen atoms in total. The Balaban J connectivity index is 1.66. The summed E-state index contributed by atoms with van der Waals surface area (Å²) in [4.78, 5) is 32.4. The van der Waals surface area contributed by atoms with E-state index >= 15 is 0 Å². The van der Waals surface area contributed by atoms with Gasteiger partial charge in [0.25, 0.3) is 0 Å². The molecule has 0 aromatic heterocycles. The van der Waals surface area contributed by atoms with Crippen LogP contribution in [0.25, 0.3) is 6.08 Å². The van der Waals surface area contributed by atoms with Crippen LogP contribution in [0, 0.1) is 10.1 Å². The molecule has 0 radical (unpaired) electrons. The van der Waals surface area contributed by atoms with E-state index in [4.69, 9.17) is 9.47 Å². The van der Waals surface area contributed by atoms with E-state index in [1.54, 1.807) is 36.4 Å². The van der Waals surface area contributed by atoms with Crippen LogP contribution in [0.1, 0.15) is 27.9 Å². The fraction of sp³-hybridized carbons (Fsp3) is 0.158. The van der Waals surface area contributed by atoms with Crippen molar-refractivity contribution < 1.29 is 24.0 Å². The first-order valence-electron chi connectivity index (χ1n) is 7.97. The number of carbonyl (C=O) groups excluding carboxylic acids is 2. The Hall–Kier alpha value is -3.48. The predicted octanol–water partition coefficient (Wildman–Crippen LogP) is 3.05. The van der Waals surface area contributed by atoms with Gasteiger partial charge in [0.15, 0.2) is 0 Å². The van der Waals surface area contributed by atoms with Crippen molar-refractivity contribution in [2.75, 3.05) is 6.61 Å². The van der Waals surface area contributed by atoms with Crippen molar-refractivity contribution in [3.63, 3.8) is 0 Å². The van der Waals surface area contributed by atoms with Crippen molar-refractivity contribution in [3.8, 4) is 11.5 Å². The Labute approximate surface area is 149 Å². The van der Waals surface area contributed by atoms with E-state index in [0.29, 0.717) is 29.2 Å². The third-order valence-corrected chi connectivity index (χ3v) is 3.84. The van der Waals surface area contributed by atoms with Crippen LogP contribution in [0.3, 0.4) is 0 Å². The average Bonchev–Trinajstić information content (AvgIpc) is 2.66. The van der Waals surface area contributed by atoms with Gasteiger partial charge in [-0.3, -0.25) is 10.1 Å². The number of nitro groups is 1. The Morgan fingerprint density at radius 3 is 2.65 bits per heavy atom. The largest absolute Gasteiger partial charge is 0.493 e. The zero-order valence-electron chi connectivity index (χ0n) is 13.7. The first-order chi connectivity index (χ1) is 12.5. The molecule has 7 heteroatoms. The molecule has 3 rings (SSSR count). The summed E-state index contributed by atoms with van der Waals surface area (Å²) in [6, 6.07) is 11.5. The maximum Gasteiger partial charge on any atom is 0.469 e. The molecule has 1 aliphatic rings. The lowest BCUT2D eigenvalue weighted by atomic mass is 10.0. The quantitative estimate of drug-likeness (QED) is 0.276. The molecule has 132 valence electrons. The van der Waals surface area contributed by atoms with Crippen LogP contribution in [0.2, 0.25) is 0 Å². The monoisotopic (exact) mass is 353 g/mol. The molecule has 1 aliphatic heterocycles. The molecule has 0 unspecified atom stereocenters. The molecule has 2 aromatic carbocycles. The first-order valence-corrected chi connectivity index (χ1v) is 7.97. The van der Waals surface area contributed by atoms with E-state index in [1.807, 2.05) is 6.07 Å². The van der Waals surface area contributed by atoms with Crippen LogP contribution in [0.5, 0.6) is 11.5 Å². The van der Waals surface area contributed by atoms with Gasteiger partial charge < -0.3 is 9.47 Å². The number of benzene rings is 2. The summed E-state index contributed by atoms with van der Waals surface area (Å²) in [7, 11) is 0. The number of amides is 1. The normalized spacial score (nSPS) is 12.9. The zero-order chi connectivity index (χ0) is 18.5. The van der Waals surface area contributed by atoms with Gasteiger partial charge in [-0.1, -0.05) is 18.2 Å². The smallest absolute Gasteiger partial charge is 0.469 e. The van der Waals surface area contributed by atoms with E-state index in [-0.39, 0.29) is 0 Å². The number of nitrogens with zero attached hydrogens (tertiary/aromatic N) is 1. The second kappa shape index (κ2) is 7.60. The summed E-state index contributed by atoms with van der Waals surface area (Å²) < 4.78 is 10.9. The van der Waals surface area contributed by atoms with E-state index in [1.165, 1.54) is 6.08 Å². The molecule has 2 aromatic rings. The fourth-order valence-corrected chi connectivity index (χ4v) is 2.51. The van der Waals surface area contributed by atoms with E-state index in [9.17, 15) is 19.7 Å². The standard InChI is InChI=1S/C19H15NO6/c21-18(20(23)24)10-5-13-3-8-16(9-4-13)26-19(22)15-7-6-14-2-1-11-25-17(14)12-15/h3-10,12H,1-2,11H2/b10-5+. The highest BCUT2D eigenvalue weighted by molar-refractivity contribution is 5.91. The van der Waals surface area contributed by atoms with Gasteiger partial charge in [0.05, 0.1) is 18.2 Å². The van der Waals surface area contributed by atoms with E-state index in [2.05, 4.69) is 0 Å². The molecule has 0 aliphatic carbocycles. The van der Waals surface area contributed by atoms with Gasteiger partial charge in [-0.2, -0.15) is 0 Å². The van der Waals surface area contributed by atoms with Gasteiger partial charge in [-0.05, 0) is 54.3 Å². The van der Waals surface area contributed by atoms with E-state index < -0.39 is 16.8 Å². The first kappa shape index (κ1) is 17.3. The molecule has 0 saturated heterocycles. The van der Waals surface area contributed by atoms with Crippen molar-refractivity contribution in [2.24, 2.45) is 0 Å². The third-order valence-electron chi connectivity index (χ3n) is 3.84. The molecule has 0 bridgehead atoms. The predicted molar refractivity (Wildman–Crippen MR) is 92.7 cm³/mol. The van der Waals surface area contributed by atoms with Gasteiger partial charge in [-0.15, -0.1) is 0 Å². The number of ether oxygens (including phenoxy) is 2. The van der Waals surface area contributed by atoms with Crippen LogP contribution in [-0.2, 0) is 11.2 Å². The van der Waals surface area contributed by atoms with Gasteiger partial charge >= 0.3 is 11.9 Å². The summed E-state index contributed by atoms with van der Waals surface area (Å²) in [6.07, 6.45) is 4.08. The van der Waals surface area contributed by atoms with Gasteiger partial charge in [0.1, 0.15) is 16.4 Å². The summed E-state index contributed by atoms with van der Waals surface area (Å²) in [5, 5.41) is 10.3. The van der Waals surface area contributed by atoms with Crippen LogP contribution < -0.4 is 9.47 Å². The van der Waals surface area contributed by atoms with E-state index in [0.717, 1.165) is 24.5 Å². The van der Waals surface area contributed by atoms with Gasteiger partial charge in [0, 0.05) is 0 Å². The molecular weight excluding hydrogens is 338 g/mol. The van der Waals surface area contributed by atoms with Crippen LogP contribution >= 0.6 is 0 Å². The SMILES string of the molecule is O=C(Oc1ccc(/C=C/C(=O)[N+](=O)[O-])cc1)c1ccc2c(c1)OCCC2. The maximum atomic E-state index is 12.3. The molecular formula is C19H15NO6. The van der Waals surface area contributed by atoms with Crippen LogP contribution in [0.15, 0.2) is 48.5 Å². The van der Waals surface area contributed by atoms with Crippen molar-refractivity contribution in [2.45, 2.75) is 12.8 Å². The number of hydrogen-bond acceptors (Lipinski definition) is 6. The lowest BCUT2D eigenvalue weighted by molar-refractivity contribution is -0.395. The maximum absolute atomic E-state index is 12.3. The summed E-state index contributed by atoms with van der Waals surface area (Å²) in [5.74, 6) is -0.669. The van der Waals surface area contributed by atoms with Crippen molar-refractivity contribution in [1.82, 2.24) is 0 Å². The molecule has 1 heterocycles. The zero-order valence-corrected chi connectivity index (χ0v) is 13.7. The van der Waals surface area contributed by atoms with Crippen molar-refractivity contribution in [3.05, 3.63) is 75.3 Å². The lowest BCUT2D eigenvalue weighted by Gasteiger charge is -2.17. The molecule has 0 saturated carbocycles. The third kappa shape index (κ3) is 4.13. The fourth-order valence-electron chi connectivity index (χ4n) is 2.51. The average molecular weight is 353 g/mol. The molecule has 0 spiro atoms. The highest BCUT2D eigenvalue weighted by atomic mass is 16.6. The number of fused-ring (bicyclic) bond motifs is 1. The molecule has 26 heavy (non-hydrogen) atoms. The number of rotatable bonds is 4. The molecule has 1 amide bonds. The number of hydrogen-bond donors (Lipinski definition) is 0. The summed E-state index contributed by atoms with van der Waals surface area (Å²) in [6.45, 7) is 0.638. The second-order valence-electron chi connectivity index (χ2n) is 5.66. The Bertz CT molecular complexity index is 885. The molecule has 0 fully saturated rings. The minimum Gasteiger partial charge on any atom is -0.493 e. The summed E-state index contributed by atoms with van der Waals surface area (Å²) >= 11 is 0. The number of carbonyl (C=O) groups is 2. The Morgan fingerprint density at radius 1 is 1.15 bits per heavy atom. The highest BCUT2D eigenvalue weighted by Crippen LogP contribution is 2.26. The van der Waals surface area contributed by atoms with Gasteiger partial charge in [0.2, 0.25) is 0 Å². The molecule has 0 atom stereocenters. The minimum atomic E-state index is -1.20. The molecule has 0 N–H and O–H groups in total. The number of aryl methyl sites for hydroxylation is 1. The second-order valence-corrected chi connectivity index (χ2v) is 5.66. The van der Waals surface area contributed by atoms with Crippen molar-refractivity contribution >= 4 is 18.0 Å². The lowest BCUT2D eigenvalue weighted by Crippen LogP contribution is -2.12. The summed E-state index contributed by atoms with van der Waals surface area (Å²) in [5.41, 5.74) is 2.04.